The van der Waals surface area contributed by atoms with Gasteiger partial charge < -0.3 is 19.5 Å². The lowest BCUT2D eigenvalue weighted by molar-refractivity contribution is -0.149. The van der Waals surface area contributed by atoms with Crippen LogP contribution in [0.4, 0.5) is 0 Å². The highest BCUT2D eigenvalue weighted by Crippen LogP contribution is 2.21. The number of aliphatic hydroxyl groups is 1. The average molecular weight is 866 g/mol. The molecule has 0 aliphatic carbocycles. The van der Waals surface area contributed by atoms with Crippen LogP contribution in [0, 0.1) is 5.92 Å². The molecule has 0 saturated carbocycles. The smallest absolute Gasteiger partial charge is 0.308 e. The van der Waals surface area contributed by atoms with E-state index in [0.29, 0.717) is 19.8 Å². The van der Waals surface area contributed by atoms with Gasteiger partial charge in [-0.15, -0.1) is 0 Å². The van der Waals surface area contributed by atoms with Gasteiger partial charge in [0, 0.05) is 13.5 Å². The lowest BCUT2D eigenvalue weighted by atomic mass is 9.94. The third-order valence-corrected chi connectivity index (χ3v) is 12.5. The molecular formula is C55H111NO5. The van der Waals surface area contributed by atoms with Crippen LogP contribution in [0.3, 0.4) is 0 Å². The molecule has 0 aliphatic heterocycles. The zero-order valence-electron chi connectivity index (χ0n) is 42.3. The second-order valence-electron chi connectivity index (χ2n) is 18.7. The van der Waals surface area contributed by atoms with E-state index in [1.165, 1.54) is 225 Å². The second-order valence-corrected chi connectivity index (χ2v) is 18.7. The molecule has 0 aromatic heterocycles. The summed E-state index contributed by atoms with van der Waals surface area (Å²) in [6.07, 6.45) is 52.5. The number of aliphatic hydroxyl groups excluding tert-OH is 1. The molecule has 6 nitrogen and oxygen atoms in total. The van der Waals surface area contributed by atoms with Gasteiger partial charge in [0.25, 0.3) is 0 Å². The van der Waals surface area contributed by atoms with Gasteiger partial charge in [0.05, 0.1) is 19.1 Å². The molecule has 61 heavy (non-hydrogen) atoms. The van der Waals surface area contributed by atoms with Crippen molar-refractivity contribution in [3.63, 3.8) is 0 Å². The molecule has 366 valence electrons. The first-order valence-electron chi connectivity index (χ1n) is 27.6. The van der Waals surface area contributed by atoms with Gasteiger partial charge in [0.2, 0.25) is 0 Å². The Kier molecular flexibility index (Phi) is 55.8. The monoisotopic (exact) mass is 866 g/mol. The number of carbonyl (C=O) groups excluding carboxylic acids is 2. The summed E-state index contributed by atoms with van der Waals surface area (Å²) in [5.41, 5.74) is 0. The molecule has 0 spiro atoms. The number of esters is 2. The molecule has 0 fully saturated rings. The number of nitrogens with zero attached hydrogens (tertiary/aromatic N) is 1. The van der Waals surface area contributed by atoms with Crippen molar-refractivity contribution >= 4 is 11.9 Å². The maximum atomic E-state index is 12.8. The third-order valence-electron chi connectivity index (χ3n) is 12.5. The molecule has 1 unspecified atom stereocenters. The van der Waals surface area contributed by atoms with Gasteiger partial charge in [0.1, 0.15) is 0 Å². The predicted octanol–water partition coefficient (Wildman–Crippen LogP) is 17.1. The molecule has 0 radical (unpaired) electrons. The van der Waals surface area contributed by atoms with E-state index in [9.17, 15) is 14.7 Å². The first-order chi connectivity index (χ1) is 30.0. The van der Waals surface area contributed by atoms with Crippen LogP contribution in [-0.2, 0) is 19.1 Å². The topological polar surface area (TPSA) is 76.1 Å². The summed E-state index contributed by atoms with van der Waals surface area (Å²) in [6, 6.07) is 0. The predicted molar refractivity (Wildman–Crippen MR) is 267 cm³/mol. The fourth-order valence-electron chi connectivity index (χ4n) is 8.39. The van der Waals surface area contributed by atoms with Crippen LogP contribution in [0.15, 0.2) is 0 Å². The van der Waals surface area contributed by atoms with E-state index < -0.39 is 0 Å². The van der Waals surface area contributed by atoms with Crippen LogP contribution < -0.4 is 0 Å². The molecule has 0 rings (SSSR count). The fraction of sp³-hybridized carbons (Fsp3) is 0.964. The molecule has 0 heterocycles. The molecule has 0 aliphatic rings. The van der Waals surface area contributed by atoms with E-state index in [1.807, 2.05) is 0 Å². The summed E-state index contributed by atoms with van der Waals surface area (Å²) in [4.78, 5) is 26.3. The van der Waals surface area contributed by atoms with Crippen molar-refractivity contribution < 1.29 is 24.2 Å². The van der Waals surface area contributed by atoms with Gasteiger partial charge in [0.15, 0.2) is 0 Å². The van der Waals surface area contributed by atoms with E-state index in [-0.39, 0.29) is 17.9 Å². The second kappa shape index (κ2) is 55.0. The van der Waals surface area contributed by atoms with Gasteiger partial charge in [-0.3, -0.25) is 9.59 Å². The van der Waals surface area contributed by atoms with Crippen molar-refractivity contribution in [1.29, 1.82) is 0 Å². The highest BCUT2D eigenvalue weighted by Gasteiger charge is 2.19. The minimum Gasteiger partial charge on any atom is -0.466 e. The summed E-state index contributed by atoms with van der Waals surface area (Å²) < 4.78 is 10.8. The Morgan fingerprint density at radius 2 is 0.656 bits per heavy atom. The summed E-state index contributed by atoms with van der Waals surface area (Å²) in [5, 5.41) is 9.20. The molecule has 1 N–H and O–H groups in total. The molecule has 0 amide bonds. The number of hydrogen-bond donors (Lipinski definition) is 1. The van der Waals surface area contributed by atoms with Gasteiger partial charge in [-0.1, -0.05) is 240 Å². The van der Waals surface area contributed by atoms with Crippen molar-refractivity contribution in [3.05, 3.63) is 0 Å². The van der Waals surface area contributed by atoms with Crippen molar-refractivity contribution in [2.45, 2.75) is 298 Å². The third kappa shape index (κ3) is 53.1. The van der Waals surface area contributed by atoms with Crippen molar-refractivity contribution in [2.24, 2.45) is 5.92 Å². The van der Waals surface area contributed by atoms with Gasteiger partial charge >= 0.3 is 11.9 Å². The highest BCUT2D eigenvalue weighted by molar-refractivity contribution is 5.72. The van der Waals surface area contributed by atoms with Crippen LogP contribution >= 0.6 is 0 Å². The first kappa shape index (κ1) is 61.9. The van der Waals surface area contributed by atoms with Gasteiger partial charge in [-0.05, 0) is 71.0 Å². The molecule has 1 atom stereocenters. The molecule has 0 bridgehead atoms. The van der Waals surface area contributed by atoms with Crippen LogP contribution in [-0.4, -0.2) is 61.4 Å². The normalized spacial score (nSPS) is 11.8. The number of rotatable bonds is 49. The zero-order valence-corrected chi connectivity index (χ0v) is 42.3. The molecule has 0 aromatic rings. The molecular weight excluding hydrogens is 755 g/mol. The van der Waals surface area contributed by atoms with Gasteiger partial charge in [-0.25, -0.2) is 0 Å². The van der Waals surface area contributed by atoms with Crippen molar-refractivity contribution in [3.8, 4) is 0 Å². The lowest BCUT2D eigenvalue weighted by Crippen LogP contribution is -2.27. The van der Waals surface area contributed by atoms with Crippen LogP contribution in [0.5, 0.6) is 0 Å². The fourth-order valence-corrected chi connectivity index (χ4v) is 8.39. The minimum atomic E-state index is -0.176. The maximum absolute atomic E-state index is 12.8. The Labute approximate surface area is 383 Å². The first-order valence-corrected chi connectivity index (χ1v) is 27.6. The zero-order chi connectivity index (χ0) is 45.0. The largest absolute Gasteiger partial charge is 0.466 e. The Bertz CT molecular complexity index is 825. The summed E-state index contributed by atoms with van der Waals surface area (Å²) in [5.74, 6) is 0.00803. The van der Waals surface area contributed by atoms with Crippen LogP contribution in [0.25, 0.3) is 0 Å². The van der Waals surface area contributed by atoms with E-state index >= 15 is 0 Å². The van der Waals surface area contributed by atoms with Crippen molar-refractivity contribution in [2.75, 3.05) is 39.5 Å². The number of ether oxygens (including phenoxy) is 2. The summed E-state index contributed by atoms with van der Waals surface area (Å²) in [6.45, 7) is 15.5. The summed E-state index contributed by atoms with van der Waals surface area (Å²) in [7, 11) is 0. The Morgan fingerprint density at radius 3 is 1.00 bits per heavy atom. The van der Waals surface area contributed by atoms with Crippen molar-refractivity contribution in [1.82, 2.24) is 4.90 Å². The molecule has 0 aromatic carbocycles. The Hall–Kier alpha value is -1.14. The standard InChI is InChI=1S/C40H79NO5.C15H32/c1-4-6-8-10-17-23-31-39(30-22-9-7-5-2)40(44)46-37-29-21-16-12-14-19-25-33-41(34-26-27-35-42)32-24-18-13-11-15-20-28-36-45-38(3)43;1-3-5-7-9-11-13-15-14-12-10-8-6-4-2/h39,42H,4-37H2,1-3H3;3-15H2,1-2H3. The highest BCUT2D eigenvalue weighted by atomic mass is 16.5. The number of carbonyl (C=O) groups is 2. The van der Waals surface area contributed by atoms with E-state index in [4.69, 9.17) is 9.47 Å². The van der Waals surface area contributed by atoms with E-state index in [2.05, 4.69) is 32.6 Å². The minimum absolute atomic E-state index is 0.0709. The van der Waals surface area contributed by atoms with E-state index in [1.54, 1.807) is 0 Å². The molecule has 0 saturated heterocycles. The molecule has 6 heteroatoms. The van der Waals surface area contributed by atoms with Gasteiger partial charge in [-0.2, -0.15) is 0 Å². The van der Waals surface area contributed by atoms with E-state index in [0.717, 1.165) is 64.3 Å². The Morgan fingerprint density at radius 1 is 0.377 bits per heavy atom. The number of hydrogen-bond acceptors (Lipinski definition) is 6. The average Bonchev–Trinajstić information content (AvgIpc) is 3.25. The number of unbranched alkanes of at least 4 members (excludes halogenated alkanes) is 33. The van der Waals surface area contributed by atoms with Crippen LogP contribution in [0.1, 0.15) is 298 Å². The lowest BCUT2D eigenvalue weighted by Gasteiger charge is -2.22. The quantitative estimate of drug-likeness (QED) is 0.0485. The summed E-state index contributed by atoms with van der Waals surface area (Å²) >= 11 is 0. The van der Waals surface area contributed by atoms with Crippen LogP contribution in [0.2, 0.25) is 0 Å². The maximum Gasteiger partial charge on any atom is 0.308 e. The Balaban J connectivity index is 0. The SMILES string of the molecule is CCCCCCCCC(CCCCCC)C(=O)OCCCCCCCCCN(CCCCO)CCCCCCCCCOC(C)=O.CCCCCCCCCCCCCCC.